The zero-order chi connectivity index (χ0) is 13.1. The first-order chi connectivity index (χ1) is 8.63. The second-order valence-electron chi connectivity index (χ2n) is 3.45. The zero-order valence-corrected chi connectivity index (χ0v) is 9.70. The summed E-state index contributed by atoms with van der Waals surface area (Å²) in [6.07, 6.45) is 0. The van der Waals surface area contributed by atoms with Gasteiger partial charge in [0, 0.05) is 5.56 Å². The van der Waals surface area contributed by atoms with E-state index in [-0.39, 0.29) is 5.70 Å². The molecule has 0 saturated carbocycles. The van der Waals surface area contributed by atoms with Crippen LogP contribution in [0.1, 0.15) is 0 Å². The molecule has 6 nitrogen and oxygen atoms in total. The summed E-state index contributed by atoms with van der Waals surface area (Å²) in [6, 6.07) is 8.60. The van der Waals surface area contributed by atoms with E-state index < -0.39 is 12.0 Å². The van der Waals surface area contributed by atoms with Gasteiger partial charge in [-0.15, -0.1) is 5.10 Å². The Labute approximate surface area is 103 Å². The predicted octanol–water partition coefficient (Wildman–Crippen LogP) is 1.29. The van der Waals surface area contributed by atoms with Crippen LogP contribution in [0.4, 0.5) is 0 Å². The first kappa shape index (κ1) is 11.8. The van der Waals surface area contributed by atoms with Crippen LogP contribution in [-0.2, 0) is 9.53 Å². The van der Waals surface area contributed by atoms with Crippen LogP contribution in [0.15, 0.2) is 36.9 Å². The number of esters is 1. The van der Waals surface area contributed by atoms with Crippen LogP contribution < -0.4 is 0 Å². The minimum atomic E-state index is -0.642. The molecule has 0 amide bonds. The summed E-state index contributed by atoms with van der Waals surface area (Å²) < 4.78 is 5.71. The van der Waals surface area contributed by atoms with Crippen molar-refractivity contribution >= 4 is 11.7 Å². The van der Waals surface area contributed by atoms with Gasteiger partial charge in [-0.2, -0.15) is 4.98 Å². The van der Waals surface area contributed by atoms with E-state index >= 15 is 0 Å². The van der Waals surface area contributed by atoms with Crippen molar-refractivity contribution in [2.24, 2.45) is 0 Å². The Morgan fingerprint density at radius 3 is 2.67 bits per heavy atom. The number of aromatic nitrogens is 3. The topological polar surface area (TPSA) is 77.2 Å². The first-order valence-corrected chi connectivity index (χ1v) is 5.12. The number of ether oxygens (including phenoxy) is 1. The fourth-order valence-electron chi connectivity index (χ4n) is 1.47. The Bertz CT molecular complexity index is 590. The highest BCUT2D eigenvalue weighted by Crippen LogP contribution is 2.21. The molecule has 0 aliphatic rings. The van der Waals surface area contributed by atoms with Gasteiger partial charge >= 0.3 is 12.0 Å². The standard InChI is InChI=1S/C12H11N3O3/c1-8(11(16)18-2)15-10(13-12(17)14-15)9-6-4-3-5-7-9/h3-7H,1H2,2H3,(H,14,17). The van der Waals surface area contributed by atoms with E-state index in [0.717, 1.165) is 4.68 Å². The van der Waals surface area contributed by atoms with Crippen LogP contribution in [0.5, 0.6) is 6.01 Å². The molecule has 2 aromatic rings. The molecule has 1 N–H and O–H groups in total. The maximum absolute atomic E-state index is 11.4. The summed E-state index contributed by atoms with van der Waals surface area (Å²) in [6.45, 7) is 3.57. The molecule has 0 spiro atoms. The average molecular weight is 245 g/mol. The van der Waals surface area contributed by atoms with E-state index in [9.17, 15) is 9.90 Å². The van der Waals surface area contributed by atoms with Crippen LogP contribution in [-0.4, -0.2) is 33.0 Å². The predicted molar refractivity (Wildman–Crippen MR) is 64.5 cm³/mol. The Hall–Kier alpha value is -2.63. The third-order valence-corrected chi connectivity index (χ3v) is 2.30. The minimum Gasteiger partial charge on any atom is -0.478 e. The van der Waals surface area contributed by atoms with Crippen molar-refractivity contribution in [2.45, 2.75) is 0 Å². The van der Waals surface area contributed by atoms with Crippen molar-refractivity contribution in [2.75, 3.05) is 7.11 Å². The fraction of sp³-hybridized carbons (Fsp3) is 0.0833. The highest BCUT2D eigenvalue weighted by atomic mass is 16.5. The van der Waals surface area contributed by atoms with Gasteiger partial charge < -0.3 is 9.84 Å². The molecule has 0 aliphatic carbocycles. The Balaban J connectivity index is 2.50. The second kappa shape index (κ2) is 4.70. The van der Waals surface area contributed by atoms with Gasteiger partial charge in [0.1, 0.15) is 5.70 Å². The highest BCUT2D eigenvalue weighted by molar-refractivity contribution is 6.09. The lowest BCUT2D eigenvalue weighted by molar-refractivity contribution is -0.134. The molecule has 0 fully saturated rings. The van der Waals surface area contributed by atoms with Crippen molar-refractivity contribution in [1.29, 1.82) is 0 Å². The number of rotatable bonds is 3. The highest BCUT2D eigenvalue weighted by Gasteiger charge is 2.18. The van der Waals surface area contributed by atoms with Crippen molar-refractivity contribution in [3.05, 3.63) is 36.9 Å². The van der Waals surface area contributed by atoms with Gasteiger partial charge in [0.25, 0.3) is 0 Å². The number of hydrogen-bond acceptors (Lipinski definition) is 5. The molecule has 0 bridgehead atoms. The minimum absolute atomic E-state index is 0.0239. The Morgan fingerprint density at radius 2 is 2.06 bits per heavy atom. The molecule has 0 unspecified atom stereocenters. The first-order valence-electron chi connectivity index (χ1n) is 5.12. The summed E-state index contributed by atoms with van der Waals surface area (Å²) in [5.74, 6) is -0.319. The zero-order valence-electron chi connectivity index (χ0n) is 9.70. The quantitative estimate of drug-likeness (QED) is 0.651. The van der Waals surface area contributed by atoms with Gasteiger partial charge in [-0.1, -0.05) is 36.9 Å². The second-order valence-corrected chi connectivity index (χ2v) is 3.45. The molecule has 0 saturated heterocycles. The van der Waals surface area contributed by atoms with Crippen LogP contribution in [0.25, 0.3) is 17.1 Å². The number of carbonyl (C=O) groups excluding carboxylic acids is 1. The lowest BCUT2D eigenvalue weighted by Gasteiger charge is -2.06. The maximum atomic E-state index is 11.4. The molecule has 0 atom stereocenters. The van der Waals surface area contributed by atoms with Gasteiger partial charge in [-0.05, 0) is 0 Å². The number of methoxy groups -OCH3 is 1. The van der Waals surface area contributed by atoms with Crippen molar-refractivity contribution in [1.82, 2.24) is 14.8 Å². The number of hydrogen-bond donors (Lipinski definition) is 1. The van der Waals surface area contributed by atoms with Crippen molar-refractivity contribution < 1.29 is 14.6 Å². The van der Waals surface area contributed by atoms with Crippen molar-refractivity contribution in [3.63, 3.8) is 0 Å². The molecule has 6 heteroatoms. The smallest absolute Gasteiger partial charge is 0.356 e. The van der Waals surface area contributed by atoms with Gasteiger partial charge in [-0.25, -0.2) is 9.48 Å². The fourth-order valence-corrected chi connectivity index (χ4v) is 1.47. The number of nitrogens with zero attached hydrogens (tertiary/aromatic N) is 3. The third kappa shape index (κ3) is 2.08. The normalized spacial score (nSPS) is 10.1. The monoisotopic (exact) mass is 245 g/mol. The lowest BCUT2D eigenvalue weighted by atomic mass is 10.2. The van der Waals surface area contributed by atoms with Gasteiger partial charge in [0.2, 0.25) is 0 Å². The van der Waals surface area contributed by atoms with Crippen molar-refractivity contribution in [3.8, 4) is 17.4 Å². The molecule has 1 aromatic carbocycles. The van der Waals surface area contributed by atoms with E-state index in [0.29, 0.717) is 11.4 Å². The van der Waals surface area contributed by atoms with E-state index in [1.807, 2.05) is 18.2 Å². The number of aromatic hydroxyl groups is 1. The molecule has 1 aromatic heterocycles. The largest absolute Gasteiger partial charge is 0.478 e. The summed E-state index contributed by atoms with van der Waals surface area (Å²) in [5.41, 5.74) is 0.680. The molecular weight excluding hydrogens is 234 g/mol. The number of carbonyl (C=O) groups is 1. The van der Waals surface area contributed by atoms with Crippen LogP contribution in [0, 0.1) is 0 Å². The lowest BCUT2D eigenvalue weighted by Crippen LogP contribution is -2.11. The molecular formula is C12H11N3O3. The van der Waals surface area contributed by atoms with E-state index in [4.69, 9.17) is 0 Å². The molecule has 92 valence electrons. The molecule has 2 rings (SSSR count). The third-order valence-electron chi connectivity index (χ3n) is 2.30. The van der Waals surface area contributed by atoms with Crippen LogP contribution >= 0.6 is 0 Å². The average Bonchev–Trinajstić information content (AvgIpc) is 2.80. The SMILES string of the molecule is C=C(C(=O)OC)n1nc(O)nc1-c1ccccc1. The summed E-state index contributed by atoms with van der Waals surface area (Å²) in [7, 11) is 1.24. The Morgan fingerprint density at radius 1 is 1.39 bits per heavy atom. The summed E-state index contributed by atoms with van der Waals surface area (Å²) >= 11 is 0. The molecule has 18 heavy (non-hydrogen) atoms. The van der Waals surface area contributed by atoms with Gasteiger partial charge in [0.15, 0.2) is 5.82 Å². The van der Waals surface area contributed by atoms with Gasteiger partial charge in [-0.3, -0.25) is 0 Å². The maximum Gasteiger partial charge on any atom is 0.356 e. The molecule has 0 aliphatic heterocycles. The van der Waals surface area contributed by atoms with Crippen LogP contribution in [0.2, 0.25) is 0 Å². The molecule has 1 heterocycles. The molecule has 0 radical (unpaired) electrons. The van der Waals surface area contributed by atoms with E-state index in [2.05, 4.69) is 21.4 Å². The Kier molecular flexibility index (Phi) is 3.09. The van der Waals surface area contributed by atoms with E-state index in [1.54, 1.807) is 12.1 Å². The van der Waals surface area contributed by atoms with E-state index in [1.165, 1.54) is 7.11 Å². The van der Waals surface area contributed by atoms with Gasteiger partial charge in [0.05, 0.1) is 7.11 Å². The number of benzene rings is 1. The summed E-state index contributed by atoms with van der Waals surface area (Å²) in [4.78, 5) is 15.3. The van der Waals surface area contributed by atoms with Crippen LogP contribution in [0.3, 0.4) is 0 Å². The summed E-state index contributed by atoms with van der Waals surface area (Å²) in [5, 5.41) is 13.1.